The first-order valence-electron chi connectivity index (χ1n) is 9.18. The number of aryl methyl sites for hydroxylation is 2. The zero-order chi connectivity index (χ0) is 20.1. The summed E-state index contributed by atoms with van der Waals surface area (Å²) in [6.45, 7) is 4.14. The smallest absolute Gasteiger partial charge is 0.235 e. The molecule has 1 aromatic heterocycles. The summed E-state index contributed by atoms with van der Waals surface area (Å²) in [7, 11) is 0. The van der Waals surface area contributed by atoms with Crippen molar-refractivity contribution < 1.29 is 14.3 Å². The van der Waals surface area contributed by atoms with Crippen molar-refractivity contribution in [3.05, 3.63) is 63.8 Å². The number of rotatable bonds is 2. The highest BCUT2D eigenvalue weighted by Crippen LogP contribution is 2.46. The number of amides is 1. The summed E-state index contributed by atoms with van der Waals surface area (Å²) in [6, 6.07) is 11.7. The number of nitrogens with one attached hydrogen (secondary N) is 1. The monoisotopic (exact) mass is 427 g/mol. The first-order chi connectivity index (χ1) is 14.0. The summed E-state index contributed by atoms with van der Waals surface area (Å²) in [5.74, 6) is 2.44. The van der Waals surface area contributed by atoms with E-state index >= 15 is 0 Å². The third-order valence-electron chi connectivity index (χ3n) is 5.11. The minimum Gasteiger partial charge on any atom is -0.454 e. The van der Waals surface area contributed by atoms with Crippen molar-refractivity contribution in [1.82, 2.24) is 9.78 Å². The fourth-order valence-corrected chi connectivity index (χ4v) is 4.98. The Morgan fingerprint density at radius 1 is 1.17 bits per heavy atom. The lowest BCUT2D eigenvalue weighted by Gasteiger charge is -2.16. The Kier molecular flexibility index (Phi) is 4.44. The number of carbonyl (C=O) groups is 1. The number of thioether (sulfide) groups is 1. The second-order valence-corrected chi connectivity index (χ2v) is 8.55. The van der Waals surface area contributed by atoms with Gasteiger partial charge in [0.2, 0.25) is 12.7 Å². The van der Waals surface area contributed by atoms with Gasteiger partial charge < -0.3 is 14.8 Å². The lowest BCUT2D eigenvalue weighted by molar-refractivity contribution is -0.113. The van der Waals surface area contributed by atoms with Gasteiger partial charge in [-0.1, -0.05) is 23.7 Å². The molecular formula is C21H18ClN3O3S. The maximum Gasteiger partial charge on any atom is 0.235 e. The van der Waals surface area contributed by atoms with Gasteiger partial charge in [-0.15, -0.1) is 11.8 Å². The number of ether oxygens (including phenoxy) is 2. The van der Waals surface area contributed by atoms with Crippen LogP contribution >= 0.6 is 23.4 Å². The molecule has 0 radical (unpaired) electrons. The van der Waals surface area contributed by atoms with Crippen molar-refractivity contribution in [2.75, 3.05) is 17.9 Å². The molecule has 3 aromatic rings. The molecule has 5 rings (SSSR count). The van der Waals surface area contributed by atoms with Crippen LogP contribution in [0, 0.1) is 13.8 Å². The van der Waals surface area contributed by atoms with Crippen LogP contribution in [0.2, 0.25) is 5.02 Å². The van der Waals surface area contributed by atoms with E-state index in [4.69, 9.17) is 26.2 Å². The lowest BCUT2D eigenvalue weighted by Crippen LogP contribution is -2.15. The molecule has 1 N–H and O–H groups in total. The van der Waals surface area contributed by atoms with Crippen LogP contribution in [0.4, 0.5) is 5.82 Å². The van der Waals surface area contributed by atoms with Gasteiger partial charge in [-0.2, -0.15) is 5.10 Å². The number of carbonyl (C=O) groups excluding carboxylic acids is 1. The van der Waals surface area contributed by atoms with E-state index in [9.17, 15) is 4.79 Å². The quantitative estimate of drug-likeness (QED) is 0.645. The first-order valence-corrected chi connectivity index (χ1v) is 10.6. The van der Waals surface area contributed by atoms with Gasteiger partial charge in [0.15, 0.2) is 11.5 Å². The molecule has 1 amide bonds. The van der Waals surface area contributed by atoms with E-state index in [1.54, 1.807) is 16.4 Å². The standard InChI is InChI=1S/C21H18ClN3O3S/c1-11-3-5-14(8-15(11)22)25-21-19(12(2)24-25)20(29-9-18(26)23-21)13-4-6-16-17(7-13)28-10-27-16/h3-8,20H,9-10H2,1-2H3,(H,23,26)/t20-/m0/s1. The summed E-state index contributed by atoms with van der Waals surface area (Å²) in [6.07, 6.45) is 0. The van der Waals surface area contributed by atoms with Crippen molar-refractivity contribution in [2.24, 2.45) is 0 Å². The average Bonchev–Trinajstić information content (AvgIpc) is 3.24. The normalized spacial score (nSPS) is 17.6. The number of halogens is 1. The van der Waals surface area contributed by atoms with E-state index in [-0.39, 0.29) is 18.0 Å². The number of aromatic nitrogens is 2. The molecule has 148 valence electrons. The number of hydrogen-bond acceptors (Lipinski definition) is 5. The minimum atomic E-state index is -0.0619. The number of fused-ring (bicyclic) bond motifs is 2. The molecule has 0 bridgehead atoms. The van der Waals surface area contributed by atoms with Crippen LogP contribution in [0.25, 0.3) is 5.69 Å². The van der Waals surface area contributed by atoms with Gasteiger partial charge in [0.25, 0.3) is 0 Å². The predicted octanol–water partition coefficient (Wildman–Crippen LogP) is 4.65. The van der Waals surface area contributed by atoms with E-state index < -0.39 is 0 Å². The van der Waals surface area contributed by atoms with Crippen molar-refractivity contribution >= 4 is 35.1 Å². The molecule has 0 saturated heterocycles. The van der Waals surface area contributed by atoms with Crippen molar-refractivity contribution in [1.29, 1.82) is 0 Å². The van der Waals surface area contributed by atoms with E-state index in [0.29, 0.717) is 16.6 Å². The maximum absolute atomic E-state index is 12.5. The molecule has 29 heavy (non-hydrogen) atoms. The molecule has 0 spiro atoms. The van der Waals surface area contributed by atoms with Crippen LogP contribution in [0.3, 0.4) is 0 Å². The summed E-state index contributed by atoms with van der Waals surface area (Å²) < 4.78 is 12.7. The highest BCUT2D eigenvalue weighted by molar-refractivity contribution is 8.00. The Morgan fingerprint density at radius 2 is 2.00 bits per heavy atom. The summed E-state index contributed by atoms with van der Waals surface area (Å²) >= 11 is 7.91. The van der Waals surface area contributed by atoms with E-state index in [1.165, 1.54) is 0 Å². The second kappa shape index (κ2) is 7.00. The van der Waals surface area contributed by atoms with Crippen molar-refractivity contribution in [2.45, 2.75) is 19.1 Å². The van der Waals surface area contributed by atoms with Crippen LogP contribution < -0.4 is 14.8 Å². The van der Waals surface area contributed by atoms with Crippen LogP contribution in [0.15, 0.2) is 36.4 Å². The molecule has 3 heterocycles. The Hall–Kier alpha value is -2.64. The van der Waals surface area contributed by atoms with Gasteiger partial charge in [0.05, 0.1) is 22.4 Å². The third-order valence-corrected chi connectivity index (χ3v) is 6.78. The van der Waals surface area contributed by atoms with Crippen molar-refractivity contribution in [3.63, 3.8) is 0 Å². The largest absolute Gasteiger partial charge is 0.454 e. The lowest BCUT2D eigenvalue weighted by atomic mass is 10.0. The molecule has 1 atom stereocenters. The Balaban J connectivity index is 1.66. The molecular weight excluding hydrogens is 410 g/mol. The van der Waals surface area contributed by atoms with Crippen LogP contribution in [0.1, 0.15) is 27.6 Å². The van der Waals surface area contributed by atoms with Crippen molar-refractivity contribution in [3.8, 4) is 17.2 Å². The predicted molar refractivity (Wildman–Crippen MR) is 114 cm³/mol. The topological polar surface area (TPSA) is 65.4 Å². The summed E-state index contributed by atoms with van der Waals surface area (Å²) in [4.78, 5) is 12.5. The number of benzene rings is 2. The number of hydrogen-bond donors (Lipinski definition) is 1. The zero-order valence-corrected chi connectivity index (χ0v) is 17.4. The third kappa shape index (κ3) is 3.14. The highest BCUT2D eigenvalue weighted by atomic mass is 35.5. The Morgan fingerprint density at radius 3 is 2.83 bits per heavy atom. The fourth-order valence-electron chi connectivity index (χ4n) is 3.62. The molecule has 2 aliphatic rings. The fraction of sp³-hybridized carbons (Fsp3) is 0.238. The van der Waals surface area contributed by atoms with E-state index in [1.807, 2.05) is 50.2 Å². The minimum absolute atomic E-state index is 0.0566. The van der Waals surface area contributed by atoms with Gasteiger partial charge in [0, 0.05) is 10.6 Å². The van der Waals surface area contributed by atoms with Crippen LogP contribution in [0.5, 0.6) is 11.5 Å². The van der Waals surface area contributed by atoms with E-state index in [0.717, 1.165) is 39.6 Å². The average molecular weight is 428 g/mol. The molecule has 8 heteroatoms. The summed E-state index contributed by atoms with van der Waals surface area (Å²) in [5, 5.41) is 8.37. The maximum atomic E-state index is 12.5. The molecule has 0 saturated carbocycles. The Labute approximate surface area is 177 Å². The van der Waals surface area contributed by atoms with Gasteiger partial charge in [0.1, 0.15) is 5.82 Å². The molecule has 6 nitrogen and oxygen atoms in total. The summed E-state index contributed by atoms with van der Waals surface area (Å²) in [5.41, 5.74) is 4.68. The van der Waals surface area contributed by atoms with Gasteiger partial charge in [-0.3, -0.25) is 4.79 Å². The van der Waals surface area contributed by atoms with E-state index in [2.05, 4.69) is 5.32 Å². The van der Waals surface area contributed by atoms with Gasteiger partial charge >= 0.3 is 0 Å². The number of nitrogens with zero attached hydrogens (tertiary/aromatic N) is 2. The van der Waals surface area contributed by atoms with Crippen LogP contribution in [-0.4, -0.2) is 28.2 Å². The molecule has 2 aromatic carbocycles. The SMILES string of the molecule is Cc1ccc(-n2nc(C)c3c2NC(=O)CS[C@H]3c2ccc3c(c2)OCO3)cc1Cl. The first kappa shape index (κ1) is 18.4. The second-order valence-electron chi connectivity index (χ2n) is 7.04. The molecule has 2 aliphatic heterocycles. The molecule has 0 aliphatic carbocycles. The molecule has 0 unspecified atom stereocenters. The zero-order valence-electron chi connectivity index (χ0n) is 15.9. The van der Waals surface area contributed by atoms with Crippen LogP contribution in [-0.2, 0) is 4.79 Å². The van der Waals surface area contributed by atoms with Gasteiger partial charge in [-0.25, -0.2) is 4.68 Å². The number of anilines is 1. The van der Waals surface area contributed by atoms with Gasteiger partial charge in [-0.05, 0) is 49.2 Å². The highest BCUT2D eigenvalue weighted by Gasteiger charge is 2.31. The Bertz CT molecular complexity index is 1140. The molecule has 0 fully saturated rings.